The second kappa shape index (κ2) is 10.7. The highest BCUT2D eigenvalue weighted by molar-refractivity contribution is 6.33. The van der Waals surface area contributed by atoms with Gasteiger partial charge in [-0.05, 0) is 52.9 Å². The maximum Gasteiger partial charge on any atom is 0.340 e. The van der Waals surface area contributed by atoms with Crippen molar-refractivity contribution in [2.24, 2.45) is 0 Å². The molecule has 1 aliphatic carbocycles. The summed E-state index contributed by atoms with van der Waals surface area (Å²) >= 11 is 0. The van der Waals surface area contributed by atoms with Gasteiger partial charge in [0.15, 0.2) is 5.76 Å². The minimum absolute atomic E-state index is 0.0517. The molecule has 0 aromatic rings. The van der Waals surface area contributed by atoms with E-state index >= 15 is 0 Å². The highest BCUT2D eigenvalue weighted by Gasteiger charge is 2.37. The zero-order chi connectivity index (χ0) is 20.6. The quantitative estimate of drug-likeness (QED) is 0.243. The highest BCUT2D eigenvalue weighted by atomic mass is 16.4. The number of aliphatic hydroxyl groups excluding tert-OH is 1. The van der Waals surface area contributed by atoms with Crippen LogP contribution in [0.15, 0.2) is 45.8 Å². The first-order chi connectivity index (χ1) is 12.7. The van der Waals surface area contributed by atoms with Crippen LogP contribution in [0, 0.1) is 0 Å². The molecule has 0 aromatic carbocycles. The molecule has 0 saturated carbocycles. The van der Waals surface area contributed by atoms with Crippen molar-refractivity contribution in [1.29, 1.82) is 0 Å². The molecule has 0 aliphatic heterocycles. The zero-order valence-electron chi connectivity index (χ0n) is 16.7. The highest BCUT2D eigenvalue weighted by Crippen LogP contribution is 2.29. The topological polar surface area (TPSA) is 91.7 Å². The molecule has 5 heteroatoms. The van der Waals surface area contributed by atoms with E-state index < -0.39 is 28.9 Å². The van der Waals surface area contributed by atoms with E-state index in [9.17, 15) is 24.6 Å². The lowest BCUT2D eigenvalue weighted by Gasteiger charge is -2.18. The van der Waals surface area contributed by atoms with Gasteiger partial charge in [-0.3, -0.25) is 9.59 Å². The Morgan fingerprint density at radius 1 is 1.00 bits per heavy atom. The molecule has 0 spiro atoms. The number of allylic oxidation sites excluding steroid dienone is 6. The molecule has 148 valence electrons. The predicted octanol–water partition coefficient (Wildman–Crippen LogP) is 4.99. The normalized spacial score (nSPS) is 15.5. The number of unbranched alkanes of at least 4 members (excludes halogenated alkanes) is 2. The lowest BCUT2D eigenvalue weighted by Crippen LogP contribution is -2.28. The van der Waals surface area contributed by atoms with E-state index in [4.69, 9.17) is 0 Å². The zero-order valence-corrected chi connectivity index (χ0v) is 16.7. The summed E-state index contributed by atoms with van der Waals surface area (Å²) in [6, 6.07) is 0. The average Bonchev–Trinajstić information content (AvgIpc) is 2.58. The molecule has 0 fully saturated rings. The maximum atomic E-state index is 12.6. The first kappa shape index (κ1) is 22.6. The van der Waals surface area contributed by atoms with Gasteiger partial charge in [0.2, 0.25) is 11.6 Å². The van der Waals surface area contributed by atoms with Crippen molar-refractivity contribution in [2.45, 2.75) is 72.6 Å². The molecule has 0 atom stereocenters. The summed E-state index contributed by atoms with van der Waals surface area (Å²) in [7, 11) is 0. The first-order valence-electron chi connectivity index (χ1n) is 9.47. The average molecular weight is 374 g/mol. The van der Waals surface area contributed by atoms with Crippen molar-refractivity contribution in [3.63, 3.8) is 0 Å². The number of Topliss-reactive ketones (excluding diaryl/α,β-unsaturated/α-hetero) is 2. The summed E-state index contributed by atoms with van der Waals surface area (Å²) in [4.78, 5) is 36.7. The van der Waals surface area contributed by atoms with Gasteiger partial charge in [-0.25, -0.2) is 4.79 Å². The number of aliphatic hydroxyl groups is 1. The third-order valence-corrected chi connectivity index (χ3v) is 4.57. The van der Waals surface area contributed by atoms with Crippen LogP contribution in [0.1, 0.15) is 72.6 Å². The molecule has 0 radical (unpaired) electrons. The Morgan fingerprint density at radius 3 is 2.22 bits per heavy atom. The van der Waals surface area contributed by atoms with Crippen LogP contribution in [-0.2, 0) is 14.4 Å². The van der Waals surface area contributed by atoms with Gasteiger partial charge in [0.1, 0.15) is 5.57 Å². The van der Waals surface area contributed by atoms with Crippen molar-refractivity contribution in [3.8, 4) is 0 Å². The Morgan fingerprint density at radius 2 is 1.67 bits per heavy atom. The number of aliphatic carboxylic acids is 1. The molecule has 27 heavy (non-hydrogen) atoms. The van der Waals surface area contributed by atoms with Crippen LogP contribution in [-0.4, -0.2) is 27.7 Å². The molecule has 5 nitrogen and oxygen atoms in total. The van der Waals surface area contributed by atoms with Crippen LogP contribution in [0.3, 0.4) is 0 Å². The van der Waals surface area contributed by atoms with E-state index in [0.29, 0.717) is 6.42 Å². The van der Waals surface area contributed by atoms with Crippen molar-refractivity contribution >= 4 is 17.5 Å². The third kappa shape index (κ3) is 6.35. The number of carboxylic acids is 1. The number of hydrogen-bond donors (Lipinski definition) is 2. The lowest BCUT2D eigenvalue weighted by molar-refractivity contribution is -0.135. The van der Waals surface area contributed by atoms with E-state index in [1.807, 2.05) is 27.7 Å². The molecule has 0 unspecified atom stereocenters. The van der Waals surface area contributed by atoms with E-state index in [1.165, 1.54) is 5.57 Å². The Balaban J connectivity index is 3.03. The first-order valence-corrected chi connectivity index (χ1v) is 9.47. The number of rotatable bonds is 10. The molecule has 1 aliphatic rings. The lowest BCUT2D eigenvalue weighted by atomic mass is 9.84. The Kier molecular flexibility index (Phi) is 8.92. The molecule has 0 saturated heterocycles. The van der Waals surface area contributed by atoms with Gasteiger partial charge in [0, 0.05) is 11.1 Å². The number of carbonyl (C=O) groups is 3. The summed E-state index contributed by atoms with van der Waals surface area (Å²) < 4.78 is 0. The van der Waals surface area contributed by atoms with Crippen LogP contribution >= 0.6 is 0 Å². The van der Waals surface area contributed by atoms with Gasteiger partial charge in [-0.15, -0.1) is 0 Å². The summed E-state index contributed by atoms with van der Waals surface area (Å²) in [5.74, 6) is -3.49. The Bertz CT molecular complexity index is 728. The second-order valence-electron chi connectivity index (χ2n) is 7.18. The van der Waals surface area contributed by atoms with Crippen molar-refractivity contribution in [1.82, 2.24) is 0 Å². The number of hydrogen-bond acceptors (Lipinski definition) is 4. The molecule has 0 bridgehead atoms. The van der Waals surface area contributed by atoms with Gasteiger partial charge in [0.25, 0.3) is 0 Å². The standard InChI is InChI=1S/C22H30O5/c1-5-6-7-11-16-18(22(26)27)19(23)17(21(25)20(16)24)13-12-15(4)10-8-9-14(2)3/h9,12,25H,5-8,10-11,13H2,1-4H3,(H,26,27)/b15-12+. The minimum atomic E-state index is -1.41. The molecule has 0 heterocycles. The molecular formula is C22H30O5. The molecular weight excluding hydrogens is 344 g/mol. The van der Waals surface area contributed by atoms with Crippen molar-refractivity contribution in [3.05, 3.63) is 45.8 Å². The Labute approximate surface area is 161 Å². The molecule has 0 amide bonds. The Hall–Kier alpha value is -2.43. The van der Waals surface area contributed by atoms with Gasteiger partial charge in [-0.1, -0.05) is 43.1 Å². The SMILES string of the molecule is CCCCCC1=C(C(=O)O)C(=O)C(C/C=C(\C)CCC=C(C)C)=C(O)C1=O. The summed E-state index contributed by atoms with van der Waals surface area (Å²) in [6.45, 7) is 7.94. The van der Waals surface area contributed by atoms with Gasteiger partial charge < -0.3 is 10.2 Å². The van der Waals surface area contributed by atoms with Crippen LogP contribution in [0.4, 0.5) is 0 Å². The van der Waals surface area contributed by atoms with Gasteiger partial charge in [-0.2, -0.15) is 0 Å². The fourth-order valence-electron chi connectivity index (χ4n) is 2.96. The van der Waals surface area contributed by atoms with Gasteiger partial charge >= 0.3 is 5.97 Å². The smallest absolute Gasteiger partial charge is 0.340 e. The van der Waals surface area contributed by atoms with Crippen molar-refractivity contribution < 1.29 is 24.6 Å². The van der Waals surface area contributed by atoms with Crippen LogP contribution in [0.25, 0.3) is 0 Å². The molecule has 1 rings (SSSR count). The van der Waals surface area contributed by atoms with E-state index in [-0.39, 0.29) is 24.0 Å². The summed E-state index contributed by atoms with van der Waals surface area (Å²) in [5, 5.41) is 19.7. The van der Waals surface area contributed by atoms with Crippen LogP contribution < -0.4 is 0 Å². The van der Waals surface area contributed by atoms with Crippen LogP contribution in [0.5, 0.6) is 0 Å². The third-order valence-electron chi connectivity index (χ3n) is 4.57. The minimum Gasteiger partial charge on any atom is -0.504 e. The predicted molar refractivity (Wildman–Crippen MR) is 106 cm³/mol. The van der Waals surface area contributed by atoms with E-state index in [0.717, 1.165) is 31.3 Å². The number of carbonyl (C=O) groups excluding carboxylic acids is 2. The fraction of sp³-hybridized carbons (Fsp3) is 0.500. The van der Waals surface area contributed by atoms with Crippen molar-refractivity contribution in [2.75, 3.05) is 0 Å². The number of carboxylic acid groups (broad SMARTS) is 1. The molecule has 2 N–H and O–H groups in total. The van der Waals surface area contributed by atoms with E-state index in [1.54, 1.807) is 6.08 Å². The second-order valence-corrected chi connectivity index (χ2v) is 7.18. The fourth-order valence-corrected chi connectivity index (χ4v) is 2.96. The van der Waals surface area contributed by atoms with Gasteiger partial charge in [0.05, 0.1) is 0 Å². The number of ketones is 2. The van der Waals surface area contributed by atoms with Crippen LogP contribution in [0.2, 0.25) is 0 Å². The molecule has 0 aromatic heterocycles. The largest absolute Gasteiger partial charge is 0.504 e. The monoisotopic (exact) mass is 374 g/mol. The van der Waals surface area contributed by atoms with E-state index in [2.05, 4.69) is 6.08 Å². The maximum absolute atomic E-state index is 12.6. The summed E-state index contributed by atoms with van der Waals surface area (Å²) in [6.07, 6.45) is 8.12. The summed E-state index contributed by atoms with van der Waals surface area (Å²) in [5.41, 5.74) is 1.55.